The van der Waals surface area contributed by atoms with E-state index in [0.717, 1.165) is 0 Å². The number of ether oxygens (including phenoxy) is 1. The second-order valence-electron chi connectivity index (χ2n) is 2.52. The fraction of sp³-hybridized carbons (Fsp3) is 0.250. The van der Waals surface area contributed by atoms with Gasteiger partial charge in [0.25, 0.3) is 5.69 Å². The van der Waals surface area contributed by atoms with Gasteiger partial charge in [-0.2, -0.15) is 0 Å². The average Bonchev–Trinajstić information content (AvgIpc) is 2.16. The van der Waals surface area contributed by atoms with Crippen LogP contribution >= 0.6 is 15.9 Å². The van der Waals surface area contributed by atoms with Gasteiger partial charge in [-0.05, 0) is 0 Å². The number of rotatable bonds is 3. The summed E-state index contributed by atoms with van der Waals surface area (Å²) in [5.41, 5.74) is 0.420. The summed E-state index contributed by atoms with van der Waals surface area (Å²) in [4.78, 5) is 9.97. The summed E-state index contributed by atoms with van der Waals surface area (Å²) in [6.07, 6.45) is 0. The Morgan fingerprint density at radius 3 is 2.71 bits per heavy atom. The number of benzene rings is 1. The Bertz CT molecular complexity index is 367. The Kier molecular flexibility index (Phi) is 3.43. The Hall–Kier alpha value is -1.14. The van der Waals surface area contributed by atoms with E-state index in [0.29, 0.717) is 15.8 Å². The molecule has 0 aliphatic heterocycles. The maximum Gasteiger partial charge on any atom is 0.274 e. The summed E-state index contributed by atoms with van der Waals surface area (Å²) in [7, 11) is 1.39. The smallest absolute Gasteiger partial charge is 0.274 e. The molecule has 0 saturated carbocycles. The lowest BCUT2D eigenvalue weighted by Crippen LogP contribution is -1.96. The first-order valence-corrected chi connectivity index (χ1v) is 4.51. The summed E-state index contributed by atoms with van der Waals surface area (Å²) < 4.78 is 5.38. The van der Waals surface area contributed by atoms with Gasteiger partial charge in [0.2, 0.25) is 0 Å². The molecular weight excluding hydrogens is 254 g/mol. The van der Waals surface area contributed by atoms with Gasteiger partial charge >= 0.3 is 0 Å². The molecule has 1 aromatic rings. The van der Waals surface area contributed by atoms with E-state index >= 15 is 0 Å². The number of nitro groups is 1. The molecule has 0 bridgehead atoms. The minimum absolute atomic E-state index is 0.0778. The Labute approximate surface area is 88.6 Å². The number of non-ortho nitro benzene ring substituents is 1. The van der Waals surface area contributed by atoms with E-state index in [1.165, 1.54) is 19.2 Å². The molecule has 0 heterocycles. The van der Waals surface area contributed by atoms with Crippen LogP contribution < -0.4 is 4.74 Å². The van der Waals surface area contributed by atoms with E-state index in [1.54, 1.807) is 0 Å². The molecule has 1 aromatic carbocycles. The lowest BCUT2D eigenvalue weighted by molar-refractivity contribution is -0.385. The third-order valence-corrected chi connectivity index (χ3v) is 2.44. The molecule has 0 aromatic heterocycles. The monoisotopic (exact) mass is 261 g/mol. The fourth-order valence-corrected chi connectivity index (χ4v) is 1.59. The van der Waals surface area contributed by atoms with Crippen LogP contribution in [-0.2, 0) is 6.61 Å². The average molecular weight is 262 g/mol. The van der Waals surface area contributed by atoms with Crippen molar-refractivity contribution in [3.05, 3.63) is 32.3 Å². The van der Waals surface area contributed by atoms with Crippen molar-refractivity contribution in [3.8, 4) is 5.75 Å². The molecule has 0 radical (unpaired) electrons. The Balaban J connectivity index is 3.31. The highest BCUT2D eigenvalue weighted by Crippen LogP contribution is 2.31. The molecule has 0 aliphatic carbocycles. The Morgan fingerprint density at radius 2 is 2.29 bits per heavy atom. The molecule has 0 aliphatic rings. The quantitative estimate of drug-likeness (QED) is 0.666. The second-order valence-corrected chi connectivity index (χ2v) is 3.38. The third kappa shape index (κ3) is 2.02. The van der Waals surface area contributed by atoms with Crippen LogP contribution in [0.5, 0.6) is 5.75 Å². The van der Waals surface area contributed by atoms with Crippen molar-refractivity contribution in [2.75, 3.05) is 7.11 Å². The number of aliphatic hydroxyl groups excluding tert-OH is 1. The highest BCUT2D eigenvalue weighted by Gasteiger charge is 2.14. The first kappa shape index (κ1) is 10.9. The minimum Gasteiger partial charge on any atom is -0.496 e. The molecule has 0 spiro atoms. The maximum absolute atomic E-state index is 10.5. The highest BCUT2D eigenvalue weighted by molar-refractivity contribution is 9.10. The van der Waals surface area contributed by atoms with E-state index in [-0.39, 0.29) is 12.3 Å². The van der Waals surface area contributed by atoms with Crippen molar-refractivity contribution in [2.45, 2.75) is 6.61 Å². The number of aliphatic hydroxyl groups is 1. The van der Waals surface area contributed by atoms with Crippen LogP contribution in [0, 0.1) is 10.1 Å². The molecule has 0 unspecified atom stereocenters. The van der Waals surface area contributed by atoms with Gasteiger partial charge in [0.1, 0.15) is 5.75 Å². The molecule has 5 nitrogen and oxygen atoms in total. The van der Waals surface area contributed by atoms with E-state index in [9.17, 15) is 10.1 Å². The van der Waals surface area contributed by atoms with E-state index in [1.807, 2.05) is 0 Å². The maximum atomic E-state index is 10.5. The summed E-state index contributed by atoms with van der Waals surface area (Å²) >= 11 is 3.12. The van der Waals surface area contributed by atoms with Gasteiger partial charge in [0.05, 0.1) is 24.7 Å². The third-order valence-electron chi connectivity index (χ3n) is 1.73. The number of nitro benzene ring substituents is 1. The first-order valence-electron chi connectivity index (χ1n) is 3.71. The predicted molar refractivity (Wildman–Crippen MR) is 53.3 cm³/mol. The summed E-state index contributed by atoms with van der Waals surface area (Å²) in [6, 6.07) is 2.60. The minimum atomic E-state index is -0.519. The molecule has 14 heavy (non-hydrogen) atoms. The molecule has 1 rings (SSSR count). The number of halogens is 1. The van der Waals surface area contributed by atoms with Crippen LogP contribution in [0.2, 0.25) is 0 Å². The number of hydrogen-bond acceptors (Lipinski definition) is 4. The van der Waals surface area contributed by atoms with E-state index in [4.69, 9.17) is 9.84 Å². The van der Waals surface area contributed by atoms with Gasteiger partial charge in [-0.15, -0.1) is 0 Å². The van der Waals surface area contributed by atoms with Crippen LogP contribution in [-0.4, -0.2) is 17.1 Å². The lowest BCUT2D eigenvalue weighted by Gasteiger charge is -2.07. The van der Waals surface area contributed by atoms with Crippen molar-refractivity contribution < 1.29 is 14.8 Å². The van der Waals surface area contributed by atoms with Gasteiger partial charge < -0.3 is 9.84 Å². The molecule has 0 atom stereocenters. The summed E-state index contributed by atoms with van der Waals surface area (Å²) in [5, 5.41) is 19.5. The molecule has 6 heteroatoms. The van der Waals surface area contributed by atoms with E-state index in [2.05, 4.69) is 15.9 Å². The number of methoxy groups -OCH3 is 1. The molecule has 0 amide bonds. The van der Waals surface area contributed by atoms with Crippen LogP contribution in [0.15, 0.2) is 16.6 Å². The molecular formula is C8H8BrNO4. The topological polar surface area (TPSA) is 72.6 Å². The lowest BCUT2D eigenvalue weighted by atomic mass is 10.2. The van der Waals surface area contributed by atoms with Crippen molar-refractivity contribution in [1.29, 1.82) is 0 Å². The highest BCUT2D eigenvalue weighted by atomic mass is 79.9. The van der Waals surface area contributed by atoms with Crippen molar-refractivity contribution in [2.24, 2.45) is 0 Å². The zero-order valence-corrected chi connectivity index (χ0v) is 8.94. The van der Waals surface area contributed by atoms with Gasteiger partial charge in [-0.25, -0.2) is 0 Å². The van der Waals surface area contributed by atoms with Crippen LogP contribution in [0.1, 0.15) is 5.56 Å². The molecule has 0 fully saturated rings. The zero-order chi connectivity index (χ0) is 10.7. The van der Waals surface area contributed by atoms with Crippen LogP contribution in [0.4, 0.5) is 5.69 Å². The van der Waals surface area contributed by atoms with Gasteiger partial charge in [0.15, 0.2) is 0 Å². The van der Waals surface area contributed by atoms with Crippen molar-refractivity contribution in [1.82, 2.24) is 0 Å². The number of hydrogen-bond donors (Lipinski definition) is 1. The largest absolute Gasteiger partial charge is 0.496 e. The predicted octanol–water partition coefficient (Wildman–Crippen LogP) is 1.86. The second kappa shape index (κ2) is 4.39. The van der Waals surface area contributed by atoms with Gasteiger partial charge in [-0.1, -0.05) is 15.9 Å². The standard InChI is InChI=1S/C8H8BrNO4/c1-14-8-3-5(10(12)13)2-7(9)6(8)4-11/h2-3,11H,4H2,1H3. The molecule has 0 saturated heterocycles. The SMILES string of the molecule is COc1cc([N+](=O)[O-])cc(Br)c1CO. The zero-order valence-electron chi connectivity index (χ0n) is 7.36. The first-order chi connectivity index (χ1) is 6.60. The molecule has 76 valence electrons. The van der Waals surface area contributed by atoms with E-state index < -0.39 is 4.92 Å². The van der Waals surface area contributed by atoms with Crippen LogP contribution in [0.3, 0.4) is 0 Å². The fourth-order valence-electron chi connectivity index (χ4n) is 1.04. The van der Waals surface area contributed by atoms with Crippen molar-refractivity contribution in [3.63, 3.8) is 0 Å². The van der Waals surface area contributed by atoms with Gasteiger partial charge in [0, 0.05) is 16.1 Å². The Morgan fingerprint density at radius 1 is 1.64 bits per heavy atom. The van der Waals surface area contributed by atoms with Crippen LogP contribution in [0.25, 0.3) is 0 Å². The molecule has 1 N–H and O–H groups in total. The summed E-state index contributed by atoms with van der Waals surface area (Å²) in [6.45, 7) is -0.234. The normalized spacial score (nSPS) is 9.93. The summed E-state index contributed by atoms with van der Waals surface area (Å²) in [5.74, 6) is 0.300. The van der Waals surface area contributed by atoms with Crippen molar-refractivity contribution >= 4 is 21.6 Å². The van der Waals surface area contributed by atoms with Gasteiger partial charge in [-0.3, -0.25) is 10.1 Å². The number of nitrogens with zero attached hydrogens (tertiary/aromatic N) is 1.